The molecule has 0 heterocycles. The second kappa shape index (κ2) is 4.74. The second-order valence-corrected chi connectivity index (χ2v) is 3.52. The van der Waals surface area contributed by atoms with Gasteiger partial charge >= 0.3 is 6.18 Å². The Labute approximate surface area is 92.2 Å². The number of ether oxygens (including phenoxy) is 1. The van der Waals surface area contributed by atoms with Crippen molar-refractivity contribution < 1.29 is 17.9 Å². The van der Waals surface area contributed by atoms with E-state index < -0.39 is 18.6 Å². The van der Waals surface area contributed by atoms with Crippen LogP contribution in [0.25, 0.3) is 0 Å². The fourth-order valence-corrected chi connectivity index (χ4v) is 1.69. The Kier molecular flexibility index (Phi) is 3.80. The molecule has 0 fully saturated rings. The molecular weight excluding hydrogens is 219 g/mol. The molecule has 0 aliphatic heterocycles. The Morgan fingerprint density at radius 3 is 2.44 bits per heavy atom. The van der Waals surface area contributed by atoms with Crippen molar-refractivity contribution in [2.45, 2.75) is 19.0 Å². The van der Waals surface area contributed by atoms with Gasteiger partial charge in [-0.3, -0.25) is 0 Å². The summed E-state index contributed by atoms with van der Waals surface area (Å²) in [4.78, 5) is 0. The Hall–Kier alpha value is -1.23. The lowest BCUT2D eigenvalue weighted by atomic mass is 9.93. The smallest absolute Gasteiger partial charge is 0.397 e. The molecule has 0 saturated heterocycles. The van der Waals surface area contributed by atoms with Gasteiger partial charge in [0, 0.05) is 12.1 Å². The number of hydrogen-bond acceptors (Lipinski definition) is 2. The molecule has 1 unspecified atom stereocenters. The number of hydrogen-bond donors (Lipinski definition) is 1. The van der Waals surface area contributed by atoms with Crippen LogP contribution in [0.4, 0.5) is 13.2 Å². The Bertz CT molecular complexity index is 363. The number of rotatable bonds is 3. The van der Waals surface area contributed by atoms with Crippen LogP contribution in [0.15, 0.2) is 18.2 Å². The minimum Gasteiger partial charge on any atom is -0.496 e. The van der Waals surface area contributed by atoms with Gasteiger partial charge in [-0.25, -0.2) is 0 Å². The Balaban J connectivity index is 3.29. The molecule has 0 aliphatic rings. The van der Waals surface area contributed by atoms with E-state index in [0.717, 1.165) is 0 Å². The molecule has 0 aliphatic carbocycles. The van der Waals surface area contributed by atoms with E-state index in [0.29, 0.717) is 5.56 Å². The Morgan fingerprint density at radius 1 is 1.38 bits per heavy atom. The van der Waals surface area contributed by atoms with E-state index in [1.54, 1.807) is 19.1 Å². The lowest BCUT2D eigenvalue weighted by molar-refractivity contribution is -0.148. The molecule has 1 rings (SSSR count). The van der Waals surface area contributed by atoms with E-state index in [1.165, 1.54) is 13.2 Å². The molecule has 90 valence electrons. The van der Waals surface area contributed by atoms with Crippen LogP contribution in [0, 0.1) is 6.92 Å². The first-order valence-electron chi connectivity index (χ1n) is 4.82. The normalized spacial score (nSPS) is 13.6. The lowest BCUT2D eigenvalue weighted by Gasteiger charge is -2.22. The summed E-state index contributed by atoms with van der Waals surface area (Å²) < 4.78 is 43.2. The molecule has 0 radical (unpaired) electrons. The summed E-state index contributed by atoms with van der Waals surface area (Å²) in [6, 6.07) is 4.78. The van der Waals surface area contributed by atoms with Crippen molar-refractivity contribution in [1.29, 1.82) is 0 Å². The van der Waals surface area contributed by atoms with Crippen LogP contribution in [-0.2, 0) is 0 Å². The molecule has 0 spiro atoms. The largest absolute Gasteiger partial charge is 0.496 e. The van der Waals surface area contributed by atoms with Crippen LogP contribution in [0.3, 0.4) is 0 Å². The first-order chi connectivity index (χ1) is 7.41. The summed E-state index contributed by atoms with van der Waals surface area (Å²) in [7, 11) is 1.35. The van der Waals surface area contributed by atoms with E-state index >= 15 is 0 Å². The number of alkyl halides is 3. The van der Waals surface area contributed by atoms with Gasteiger partial charge in [0.1, 0.15) is 5.75 Å². The topological polar surface area (TPSA) is 35.2 Å². The SMILES string of the molecule is COc1cccc(C)c1C(CN)C(F)(F)F. The first kappa shape index (κ1) is 12.8. The zero-order valence-corrected chi connectivity index (χ0v) is 9.14. The molecule has 0 aromatic heterocycles. The molecule has 1 aromatic carbocycles. The van der Waals surface area contributed by atoms with Crippen LogP contribution >= 0.6 is 0 Å². The first-order valence-corrected chi connectivity index (χ1v) is 4.82. The minimum atomic E-state index is -4.35. The highest BCUT2D eigenvalue weighted by molar-refractivity contribution is 5.43. The third-order valence-electron chi connectivity index (χ3n) is 2.48. The molecule has 2 N–H and O–H groups in total. The summed E-state index contributed by atoms with van der Waals surface area (Å²) in [5, 5.41) is 0. The van der Waals surface area contributed by atoms with Crippen molar-refractivity contribution in [3.8, 4) is 5.75 Å². The number of nitrogens with two attached hydrogens (primary N) is 1. The van der Waals surface area contributed by atoms with Gasteiger partial charge in [0.2, 0.25) is 0 Å². The van der Waals surface area contributed by atoms with Crippen molar-refractivity contribution in [2.75, 3.05) is 13.7 Å². The van der Waals surface area contributed by atoms with E-state index in [-0.39, 0.29) is 11.3 Å². The van der Waals surface area contributed by atoms with Crippen molar-refractivity contribution >= 4 is 0 Å². The van der Waals surface area contributed by atoms with Gasteiger partial charge in [-0.05, 0) is 18.6 Å². The Morgan fingerprint density at radius 2 is 2.00 bits per heavy atom. The van der Waals surface area contributed by atoms with Crippen LogP contribution in [0.1, 0.15) is 17.0 Å². The van der Waals surface area contributed by atoms with Gasteiger partial charge < -0.3 is 10.5 Å². The highest BCUT2D eigenvalue weighted by Gasteiger charge is 2.41. The molecular formula is C11H14F3NO. The monoisotopic (exact) mass is 233 g/mol. The van der Waals surface area contributed by atoms with Gasteiger partial charge in [-0.2, -0.15) is 13.2 Å². The number of benzene rings is 1. The molecule has 0 bridgehead atoms. The van der Waals surface area contributed by atoms with Crippen LogP contribution in [0.2, 0.25) is 0 Å². The van der Waals surface area contributed by atoms with Gasteiger partial charge in [0.25, 0.3) is 0 Å². The van der Waals surface area contributed by atoms with E-state index in [2.05, 4.69) is 0 Å². The predicted molar refractivity (Wildman–Crippen MR) is 55.6 cm³/mol. The zero-order valence-electron chi connectivity index (χ0n) is 9.14. The minimum absolute atomic E-state index is 0.125. The van der Waals surface area contributed by atoms with Gasteiger partial charge in [0.15, 0.2) is 0 Å². The molecule has 0 saturated carbocycles. The number of aryl methyl sites for hydroxylation is 1. The van der Waals surface area contributed by atoms with E-state index in [4.69, 9.17) is 10.5 Å². The molecule has 1 atom stereocenters. The molecule has 1 aromatic rings. The van der Waals surface area contributed by atoms with E-state index in [9.17, 15) is 13.2 Å². The van der Waals surface area contributed by atoms with Crippen LogP contribution in [0.5, 0.6) is 5.75 Å². The van der Waals surface area contributed by atoms with Crippen molar-refractivity contribution in [2.24, 2.45) is 5.73 Å². The van der Waals surface area contributed by atoms with Gasteiger partial charge in [-0.15, -0.1) is 0 Å². The van der Waals surface area contributed by atoms with Gasteiger partial charge in [0.05, 0.1) is 13.0 Å². The average molecular weight is 233 g/mol. The highest BCUT2D eigenvalue weighted by atomic mass is 19.4. The summed E-state index contributed by atoms with van der Waals surface area (Å²) in [6.07, 6.45) is -4.35. The van der Waals surface area contributed by atoms with Gasteiger partial charge in [-0.1, -0.05) is 12.1 Å². The van der Waals surface area contributed by atoms with Crippen LogP contribution < -0.4 is 10.5 Å². The quantitative estimate of drug-likeness (QED) is 0.870. The van der Waals surface area contributed by atoms with Crippen LogP contribution in [-0.4, -0.2) is 19.8 Å². The van der Waals surface area contributed by atoms with E-state index in [1.807, 2.05) is 0 Å². The summed E-state index contributed by atoms with van der Waals surface area (Å²) >= 11 is 0. The maximum atomic E-state index is 12.8. The predicted octanol–water partition coefficient (Wildman–Crippen LogP) is 2.61. The number of halogens is 3. The third kappa shape index (κ3) is 2.47. The second-order valence-electron chi connectivity index (χ2n) is 3.52. The maximum absolute atomic E-state index is 12.8. The standard InChI is InChI=1S/C11H14F3NO/c1-7-4-3-5-9(16-2)10(7)8(6-15)11(12,13)14/h3-5,8H,6,15H2,1-2H3. The molecule has 2 nitrogen and oxygen atoms in total. The molecule has 5 heteroatoms. The summed E-state index contributed by atoms with van der Waals surface area (Å²) in [6.45, 7) is 1.14. The van der Waals surface area contributed by atoms with Crippen molar-refractivity contribution in [3.63, 3.8) is 0 Å². The van der Waals surface area contributed by atoms with Crippen molar-refractivity contribution in [1.82, 2.24) is 0 Å². The fourth-order valence-electron chi connectivity index (χ4n) is 1.69. The molecule has 0 amide bonds. The third-order valence-corrected chi connectivity index (χ3v) is 2.48. The maximum Gasteiger partial charge on any atom is 0.397 e. The zero-order chi connectivity index (χ0) is 12.3. The fraction of sp³-hybridized carbons (Fsp3) is 0.455. The lowest BCUT2D eigenvalue weighted by Crippen LogP contribution is -2.29. The summed E-state index contributed by atoms with van der Waals surface area (Å²) in [5.41, 5.74) is 5.87. The highest BCUT2D eigenvalue weighted by Crippen LogP contribution is 2.39. The summed E-state index contributed by atoms with van der Waals surface area (Å²) in [5.74, 6) is -1.45. The van der Waals surface area contributed by atoms with Crippen molar-refractivity contribution in [3.05, 3.63) is 29.3 Å². The average Bonchev–Trinajstić information content (AvgIpc) is 2.19. The number of methoxy groups -OCH3 is 1. The molecule has 16 heavy (non-hydrogen) atoms.